The van der Waals surface area contributed by atoms with E-state index in [1.807, 2.05) is 42.5 Å². The molecule has 0 unspecified atom stereocenters. The van der Waals surface area contributed by atoms with Crippen LogP contribution in [-0.2, 0) is 16.6 Å². The molecule has 0 radical (unpaired) electrons. The topological polar surface area (TPSA) is 98.7 Å². The maximum absolute atomic E-state index is 12.9. The van der Waals surface area contributed by atoms with E-state index in [1.54, 1.807) is 4.90 Å². The molecule has 2 aliphatic rings. The van der Waals surface area contributed by atoms with Crippen LogP contribution in [0.15, 0.2) is 72.5 Å². The lowest BCUT2D eigenvalue weighted by Gasteiger charge is -2.19. The van der Waals surface area contributed by atoms with E-state index in [0.717, 1.165) is 35.6 Å². The SMILES string of the molecule is CC1(C)C(C=CC=C2Cc3ccccc3N2C(=O)NCCN)=[N+](CCCCC(=O)O)c2ccccc21. The molecular formula is C29H35N4O3+. The second-order valence-corrected chi connectivity index (χ2v) is 9.71. The van der Waals surface area contributed by atoms with Gasteiger partial charge in [0.2, 0.25) is 5.69 Å². The minimum Gasteiger partial charge on any atom is -0.481 e. The summed E-state index contributed by atoms with van der Waals surface area (Å²) in [6.07, 6.45) is 8.45. The number of carboxylic acids is 1. The molecule has 7 heteroatoms. The number of fused-ring (bicyclic) bond motifs is 2. The highest BCUT2D eigenvalue weighted by Gasteiger charge is 2.43. The zero-order chi connectivity index (χ0) is 25.7. The molecule has 2 aromatic carbocycles. The summed E-state index contributed by atoms with van der Waals surface area (Å²) in [6.45, 7) is 5.99. The van der Waals surface area contributed by atoms with Crippen molar-refractivity contribution in [3.8, 4) is 0 Å². The van der Waals surface area contributed by atoms with Gasteiger partial charge in [0, 0.05) is 55.8 Å². The summed E-state index contributed by atoms with van der Waals surface area (Å²) >= 11 is 0. The molecule has 0 saturated heterocycles. The van der Waals surface area contributed by atoms with Gasteiger partial charge in [-0.2, -0.15) is 4.58 Å². The van der Waals surface area contributed by atoms with Crippen molar-refractivity contribution >= 4 is 29.1 Å². The maximum Gasteiger partial charge on any atom is 0.326 e. The van der Waals surface area contributed by atoms with Crippen molar-refractivity contribution in [2.75, 3.05) is 24.5 Å². The molecule has 0 aromatic heterocycles. The lowest BCUT2D eigenvalue weighted by molar-refractivity contribution is -0.438. The van der Waals surface area contributed by atoms with E-state index in [-0.39, 0.29) is 17.9 Å². The lowest BCUT2D eigenvalue weighted by Crippen LogP contribution is -2.40. The third-order valence-corrected chi connectivity index (χ3v) is 6.88. The van der Waals surface area contributed by atoms with Gasteiger partial charge in [-0.15, -0.1) is 0 Å². The van der Waals surface area contributed by atoms with Gasteiger partial charge in [-0.25, -0.2) is 4.79 Å². The van der Waals surface area contributed by atoms with Crippen molar-refractivity contribution < 1.29 is 19.3 Å². The highest BCUT2D eigenvalue weighted by Crippen LogP contribution is 2.40. The first-order valence-electron chi connectivity index (χ1n) is 12.5. The maximum atomic E-state index is 12.9. The van der Waals surface area contributed by atoms with E-state index >= 15 is 0 Å². The summed E-state index contributed by atoms with van der Waals surface area (Å²) in [4.78, 5) is 25.6. The third kappa shape index (κ3) is 5.11. The Bertz CT molecular complexity index is 1240. The average Bonchev–Trinajstić information content (AvgIpc) is 3.33. The number of carbonyl (C=O) groups excluding carboxylic acids is 1. The molecule has 0 aliphatic carbocycles. The molecule has 0 fully saturated rings. The number of carbonyl (C=O) groups is 2. The number of hydrogen-bond acceptors (Lipinski definition) is 3. The molecule has 2 heterocycles. The van der Waals surface area contributed by atoms with Crippen LogP contribution in [0.2, 0.25) is 0 Å². The summed E-state index contributed by atoms with van der Waals surface area (Å²) in [5.74, 6) is -0.759. The molecule has 0 bridgehead atoms. The fraction of sp³-hybridized carbons (Fsp3) is 0.345. The van der Waals surface area contributed by atoms with Crippen LogP contribution in [-0.4, -0.2) is 47.0 Å². The summed E-state index contributed by atoms with van der Waals surface area (Å²) in [7, 11) is 0. The first-order valence-corrected chi connectivity index (χ1v) is 12.5. The fourth-order valence-electron chi connectivity index (χ4n) is 5.12. The second kappa shape index (κ2) is 10.9. The first-order chi connectivity index (χ1) is 17.3. The van der Waals surface area contributed by atoms with E-state index in [4.69, 9.17) is 10.8 Å². The van der Waals surface area contributed by atoms with Gasteiger partial charge in [0.05, 0.1) is 11.1 Å². The Balaban J connectivity index is 1.64. The largest absolute Gasteiger partial charge is 0.481 e. The number of unbranched alkanes of at least 4 members (excludes halogenated alkanes) is 1. The van der Waals surface area contributed by atoms with Gasteiger partial charge in [0.1, 0.15) is 6.54 Å². The number of aliphatic carboxylic acids is 1. The summed E-state index contributed by atoms with van der Waals surface area (Å²) in [5.41, 5.74) is 11.9. The molecule has 188 valence electrons. The van der Waals surface area contributed by atoms with Crippen LogP contribution in [0.3, 0.4) is 0 Å². The quantitative estimate of drug-likeness (QED) is 0.359. The zero-order valence-corrected chi connectivity index (χ0v) is 21.0. The fourth-order valence-corrected chi connectivity index (χ4v) is 5.12. The number of hydrogen-bond donors (Lipinski definition) is 3. The Hall–Kier alpha value is -3.71. The van der Waals surface area contributed by atoms with Crippen LogP contribution in [0.5, 0.6) is 0 Å². The molecule has 2 aromatic rings. The average molecular weight is 488 g/mol. The minimum absolute atomic E-state index is 0.175. The zero-order valence-electron chi connectivity index (χ0n) is 21.0. The number of nitrogens with one attached hydrogen (secondary N) is 1. The lowest BCUT2D eigenvalue weighted by atomic mass is 9.81. The molecule has 36 heavy (non-hydrogen) atoms. The molecular weight excluding hydrogens is 452 g/mol. The third-order valence-electron chi connectivity index (χ3n) is 6.88. The van der Waals surface area contributed by atoms with Gasteiger partial charge in [-0.05, 0) is 38.0 Å². The van der Waals surface area contributed by atoms with Gasteiger partial charge in [0.25, 0.3) is 0 Å². The molecule has 0 atom stereocenters. The Morgan fingerprint density at radius 3 is 2.67 bits per heavy atom. The van der Waals surface area contributed by atoms with Crippen molar-refractivity contribution in [2.45, 2.75) is 44.9 Å². The molecule has 4 rings (SSSR count). The van der Waals surface area contributed by atoms with Crippen LogP contribution in [0, 0.1) is 0 Å². The highest BCUT2D eigenvalue weighted by molar-refractivity contribution is 6.03. The number of carboxylic acid groups (broad SMARTS) is 1. The van der Waals surface area contributed by atoms with Gasteiger partial charge < -0.3 is 16.2 Å². The Kier molecular flexibility index (Phi) is 7.70. The Labute approximate surface area is 212 Å². The standard InChI is InChI=1S/C29H34N4O3/c1-29(2)23-12-4-6-14-25(23)32(19-8-7-16-27(34)35)26(29)15-9-11-22-20-21-10-3-5-13-24(21)33(22)28(36)31-18-17-30/h3-6,9-15H,7-8,16-20,30H2,1-2H3,(H-,31,34,35,36)/p+1. The van der Waals surface area contributed by atoms with Crippen LogP contribution in [0.25, 0.3) is 0 Å². The molecule has 4 N–H and O–H groups in total. The predicted molar refractivity (Wildman–Crippen MR) is 143 cm³/mol. The monoisotopic (exact) mass is 487 g/mol. The van der Waals surface area contributed by atoms with E-state index < -0.39 is 5.97 Å². The van der Waals surface area contributed by atoms with Crippen LogP contribution in [0.1, 0.15) is 44.2 Å². The number of nitrogens with two attached hydrogens (primary N) is 1. The van der Waals surface area contributed by atoms with Crippen molar-refractivity contribution in [3.05, 3.63) is 83.6 Å². The molecule has 7 nitrogen and oxygen atoms in total. The molecule has 2 amide bonds. The van der Waals surface area contributed by atoms with Crippen LogP contribution in [0.4, 0.5) is 16.2 Å². The van der Waals surface area contributed by atoms with Crippen LogP contribution >= 0.6 is 0 Å². The van der Waals surface area contributed by atoms with Gasteiger partial charge >= 0.3 is 12.0 Å². The summed E-state index contributed by atoms with van der Waals surface area (Å²) < 4.78 is 2.31. The van der Waals surface area contributed by atoms with E-state index in [2.05, 4.69) is 48.0 Å². The Morgan fingerprint density at radius 2 is 1.89 bits per heavy atom. The van der Waals surface area contributed by atoms with Crippen molar-refractivity contribution in [1.82, 2.24) is 5.32 Å². The van der Waals surface area contributed by atoms with Gasteiger partial charge in [-0.1, -0.05) is 42.5 Å². The van der Waals surface area contributed by atoms with E-state index in [1.165, 1.54) is 11.3 Å². The highest BCUT2D eigenvalue weighted by atomic mass is 16.4. The summed E-state index contributed by atoms with van der Waals surface area (Å²) in [5, 5.41) is 11.9. The van der Waals surface area contributed by atoms with Crippen molar-refractivity contribution in [3.63, 3.8) is 0 Å². The first kappa shape index (κ1) is 25.4. The number of amides is 2. The summed E-state index contributed by atoms with van der Waals surface area (Å²) in [6, 6.07) is 16.2. The van der Waals surface area contributed by atoms with E-state index in [9.17, 15) is 9.59 Å². The number of para-hydroxylation sites is 2. The number of nitrogens with zero attached hydrogens (tertiary/aromatic N) is 2. The van der Waals surface area contributed by atoms with Gasteiger partial charge in [0.15, 0.2) is 5.71 Å². The molecule has 0 spiro atoms. The smallest absolute Gasteiger partial charge is 0.326 e. The van der Waals surface area contributed by atoms with Crippen LogP contribution < -0.4 is 16.0 Å². The molecule has 2 aliphatic heterocycles. The normalized spacial score (nSPS) is 17.1. The number of benzene rings is 2. The van der Waals surface area contributed by atoms with E-state index in [0.29, 0.717) is 25.9 Å². The van der Waals surface area contributed by atoms with Crippen molar-refractivity contribution in [2.24, 2.45) is 5.73 Å². The Morgan fingerprint density at radius 1 is 1.14 bits per heavy atom. The number of rotatable bonds is 9. The van der Waals surface area contributed by atoms with Gasteiger partial charge in [-0.3, -0.25) is 9.69 Å². The second-order valence-electron chi connectivity index (χ2n) is 9.71. The number of anilines is 1. The number of allylic oxidation sites excluding steroid dienone is 4. The minimum atomic E-state index is -0.759. The number of urea groups is 1. The predicted octanol–water partition coefficient (Wildman–Crippen LogP) is 4.49. The molecule has 0 saturated carbocycles. The van der Waals surface area contributed by atoms with Crippen molar-refractivity contribution in [1.29, 1.82) is 0 Å².